The van der Waals surface area contributed by atoms with Gasteiger partial charge in [-0.1, -0.05) is 54.6 Å². The van der Waals surface area contributed by atoms with E-state index >= 15 is 0 Å². The Morgan fingerprint density at radius 1 is 0.897 bits per heavy atom. The van der Waals surface area contributed by atoms with Crippen LogP contribution in [0.25, 0.3) is 27.7 Å². The number of benzene rings is 2. The van der Waals surface area contributed by atoms with Gasteiger partial charge in [-0.3, -0.25) is 9.78 Å². The molecule has 1 amide bonds. The molecule has 7 heteroatoms. The number of aromatic nitrogens is 5. The van der Waals surface area contributed by atoms with Gasteiger partial charge in [0.25, 0.3) is 5.91 Å². The second-order valence-electron chi connectivity index (χ2n) is 6.53. The first-order valence-electron chi connectivity index (χ1n) is 9.18. The Bertz CT molecular complexity index is 1320. The van der Waals surface area contributed by atoms with Crippen molar-refractivity contribution in [2.75, 3.05) is 0 Å². The number of pyridine rings is 1. The summed E-state index contributed by atoms with van der Waals surface area (Å²) in [5, 5.41) is 17.6. The third kappa shape index (κ3) is 3.19. The lowest BCUT2D eigenvalue weighted by atomic mass is 10.1. The van der Waals surface area contributed by atoms with E-state index in [2.05, 4.69) is 25.6 Å². The van der Waals surface area contributed by atoms with Crippen molar-refractivity contribution in [3.05, 3.63) is 90.5 Å². The lowest BCUT2D eigenvalue weighted by Gasteiger charge is -2.07. The lowest BCUT2D eigenvalue weighted by Crippen LogP contribution is -2.25. The minimum Gasteiger partial charge on any atom is -0.343 e. The number of carbonyl (C=O) groups is 1. The highest BCUT2D eigenvalue weighted by molar-refractivity contribution is 6.05. The van der Waals surface area contributed by atoms with Crippen LogP contribution in [0.2, 0.25) is 0 Å². The van der Waals surface area contributed by atoms with Crippen LogP contribution in [-0.2, 0) is 6.54 Å². The summed E-state index contributed by atoms with van der Waals surface area (Å²) in [6, 6.07) is 23.2. The molecule has 5 rings (SSSR count). The van der Waals surface area contributed by atoms with Crippen molar-refractivity contribution in [2.45, 2.75) is 6.54 Å². The van der Waals surface area contributed by atoms with E-state index in [4.69, 9.17) is 0 Å². The maximum atomic E-state index is 12.7. The molecule has 1 N–H and O–H groups in total. The molecule has 140 valence electrons. The number of nitrogens with one attached hydrogen (secondary N) is 1. The van der Waals surface area contributed by atoms with Crippen molar-refractivity contribution >= 4 is 22.3 Å². The number of nitrogens with zero attached hydrogens (tertiary/aromatic N) is 5. The molecule has 3 aromatic heterocycles. The van der Waals surface area contributed by atoms with Gasteiger partial charge in [0.05, 0.1) is 12.2 Å². The van der Waals surface area contributed by atoms with E-state index in [1.54, 1.807) is 10.7 Å². The van der Waals surface area contributed by atoms with Crippen molar-refractivity contribution in [3.8, 4) is 11.3 Å². The topological polar surface area (TPSA) is 85.1 Å². The Hall–Kier alpha value is -4.13. The second kappa shape index (κ2) is 7.12. The Kier molecular flexibility index (Phi) is 4.18. The molecule has 0 fully saturated rings. The smallest absolute Gasteiger partial charge is 0.270 e. The van der Waals surface area contributed by atoms with Crippen molar-refractivity contribution in [1.82, 2.24) is 30.1 Å². The molecule has 0 saturated carbocycles. The van der Waals surface area contributed by atoms with E-state index in [0.717, 1.165) is 22.0 Å². The molecule has 7 nitrogen and oxygen atoms in total. The fourth-order valence-electron chi connectivity index (χ4n) is 3.25. The average Bonchev–Trinajstić information content (AvgIpc) is 3.20. The summed E-state index contributed by atoms with van der Waals surface area (Å²) in [5.41, 5.74) is 2.81. The maximum Gasteiger partial charge on any atom is 0.270 e. The van der Waals surface area contributed by atoms with E-state index in [0.29, 0.717) is 17.2 Å². The van der Waals surface area contributed by atoms with Gasteiger partial charge in [-0.2, -0.15) is 9.61 Å². The largest absolute Gasteiger partial charge is 0.343 e. The van der Waals surface area contributed by atoms with Crippen LogP contribution in [0.1, 0.15) is 16.3 Å². The number of fused-ring (bicyclic) bond motifs is 2. The monoisotopic (exact) mass is 380 g/mol. The summed E-state index contributed by atoms with van der Waals surface area (Å²) in [6.45, 7) is 0.191. The van der Waals surface area contributed by atoms with Crippen molar-refractivity contribution in [1.29, 1.82) is 0 Å². The Labute approximate surface area is 166 Å². The zero-order valence-corrected chi connectivity index (χ0v) is 15.4. The fourth-order valence-corrected chi connectivity index (χ4v) is 3.25. The van der Waals surface area contributed by atoms with Gasteiger partial charge in [0.15, 0.2) is 11.5 Å². The van der Waals surface area contributed by atoms with Gasteiger partial charge in [-0.15, -0.1) is 10.2 Å². The minimum atomic E-state index is -0.266. The molecule has 0 saturated heterocycles. The van der Waals surface area contributed by atoms with Gasteiger partial charge in [0, 0.05) is 17.1 Å². The fraction of sp³-hybridized carbons (Fsp3) is 0.0455. The third-order valence-electron chi connectivity index (χ3n) is 4.69. The van der Waals surface area contributed by atoms with Crippen molar-refractivity contribution < 1.29 is 4.79 Å². The highest BCUT2D eigenvalue weighted by Crippen LogP contribution is 2.18. The molecule has 29 heavy (non-hydrogen) atoms. The third-order valence-corrected chi connectivity index (χ3v) is 4.69. The molecule has 2 aromatic carbocycles. The van der Waals surface area contributed by atoms with Gasteiger partial charge in [-0.25, -0.2) is 0 Å². The predicted octanol–water partition coefficient (Wildman–Crippen LogP) is 3.27. The van der Waals surface area contributed by atoms with Gasteiger partial charge < -0.3 is 5.32 Å². The molecule has 0 aliphatic heterocycles. The first-order chi connectivity index (χ1) is 14.3. The van der Waals surface area contributed by atoms with Crippen LogP contribution in [0.15, 0.2) is 79.0 Å². The van der Waals surface area contributed by atoms with Crippen LogP contribution in [0, 0.1) is 0 Å². The first kappa shape index (κ1) is 17.0. The summed E-state index contributed by atoms with van der Waals surface area (Å²) in [6.07, 6.45) is 1.64. The zero-order valence-electron chi connectivity index (χ0n) is 15.4. The molecule has 0 aliphatic carbocycles. The lowest BCUT2D eigenvalue weighted by molar-refractivity contribution is 0.0946. The van der Waals surface area contributed by atoms with Crippen LogP contribution in [-0.4, -0.2) is 30.7 Å². The molecule has 5 aromatic rings. The first-order valence-corrected chi connectivity index (χ1v) is 9.18. The molecule has 3 heterocycles. The van der Waals surface area contributed by atoms with Crippen LogP contribution < -0.4 is 5.32 Å². The SMILES string of the molecule is O=C(NCc1nnc2ccc(-c3ccccc3)nn12)c1nccc2ccccc12. The van der Waals surface area contributed by atoms with Crippen molar-refractivity contribution in [2.24, 2.45) is 0 Å². The standard InChI is InChI=1S/C22H16N6O/c29-22(21-17-9-5-4-6-15(17)12-13-23-21)24-14-20-26-25-19-11-10-18(27-28(19)20)16-7-2-1-3-8-16/h1-13H,14H2,(H,24,29). The quantitative estimate of drug-likeness (QED) is 0.517. The van der Waals surface area contributed by atoms with Crippen LogP contribution in [0.3, 0.4) is 0 Å². The molecular weight excluding hydrogens is 364 g/mol. The number of rotatable bonds is 4. The van der Waals surface area contributed by atoms with E-state index in [9.17, 15) is 4.79 Å². The highest BCUT2D eigenvalue weighted by Gasteiger charge is 2.14. The van der Waals surface area contributed by atoms with Gasteiger partial charge in [0.2, 0.25) is 0 Å². The Morgan fingerprint density at radius 2 is 1.72 bits per heavy atom. The average molecular weight is 380 g/mol. The number of amides is 1. The van der Waals surface area contributed by atoms with Gasteiger partial charge in [-0.05, 0) is 23.6 Å². The van der Waals surface area contributed by atoms with Crippen LogP contribution >= 0.6 is 0 Å². The second-order valence-corrected chi connectivity index (χ2v) is 6.53. The van der Waals surface area contributed by atoms with E-state index in [1.807, 2.05) is 72.8 Å². The van der Waals surface area contributed by atoms with Gasteiger partial charge >= 0.3 is 0 Å². The molecular formula is C22H16N6O. The predicted molar refractivity (Wildman–Crippen MR) is 109 cm³/mol. The van der Waals surface area contributed by atoms with Crippen LogP contribution in [0.4, 0.5) is 0 Å². The van der Waals surface area contributed by atoms with E-state index < -0.39 is 0 Å². The molecule has 0 bridgehead atoms. The summed E-state index contributed by atoms with van der Waals surface area (Å²) in [7, 11) is 0. The van der Waals surface area contributed by atoms with E-state index in [1.165, 1.54) is 0 Å². The number of hydrogen-bond acceptors (Lipinski definition) is 5. The van der Waals surface area contributed by atoms with Crippen molar-refractivity contribution in [3.63, 3.8) is 0 Å². The number of hydrogen-bond donors (Lipinski definition) is 1. The summed E-state index contributed by atoms with van der Waals surface area (Å²) in [4.78, 5) is 17.0. The number of carbonyl (C=O) groups excluding carboxylic acids is 1. The summed E-state index contributed by atoms with van der Waals surface area (Å²) >= 11 is 0. The molecule has 0 aliphatic rings. The normalized spacial score (nSPS) is 11.0. The van der Waals surface area contributed by atoms with Crippen LogP contribution in [0.5, 0.6) is 0 Å². The van der Waals surface area contributed by atoms with Gasteiger partial charge in [0.1, 0.15) is 5.69 Å². The highest BCUT2D eigenvalue weighted by atomic mass is 16.1. The maximum absolute atomic E-state index is 12.7. The van der Waals surface area contributed by atoms with E-state index in [-0.39, 0.29) is 12.5 Å². The molecule has 0 radical (unpaired) electrons. The molecule has 0 atom stereocenters. The summed E-state index contributed by atoms with van der Waals surface area (Å²) < 4.78 is 1.65. The molecule has 0 unspecified atom stereocenters. The minimum absolute atomic E-state index is 0.191. The Morgan fingerprint density at radius 3 is 2.62 bits per heavy atom. The molecule has 0 spiro atoms. The zero-order chi connectivity index (χ0) is 19.6. The summed E-state index contributed by atoms with van der Waals surface area (Å²) in [5.74, 6) is 0.282. The Balaban J connectivity index is 1.42.